The smallest absolute Gasteiger partial charge is 0.306 e. The van der Waals surface area contributed by atoms with Gasteiger partial charge in [0.25, 0.3) is 5.91 Å². The van der Waals surface area contributed by atoms with Crippen LogP contribution in [0.5, 0.6) is 11.5 Å². The van der Waals surface area contributed by atoms with Gasteiger partial charge in [-0.1, -0.05) is 12.1 Å². The summed E-state index contributed by atoms with van der Waals surface area (Å²) in [5.41, 5.74) is 2.62. The average molecular weight is 436 g/mol. The third-order valence-corrected chi connectivity index (χ3v) is 4.48. The summed E-state index contributed by atoms with van der Waals surface area (Å²) in [5, 5.41) is 2.70. The Bertz CT molecular complexity index is 822. The van der Waals surface area contributed by atoms with Crippen LogP contribution in [0.25, 0.3) is 0 Å². The Morgan fingerprint density at radius 2 is 1.78 bits per heavy atom. The Labute approximate surface area is 166 Å². The molecule has 144 valence electrons. The highest BCUT2D eigenvalue weighted by Gasteiger charge is 2.11. The van der Waals surface area contributed by atoms with Gasteiger partial charge in [0.05, 0.1) is 19.9 Å². The minimum Gasteiger partial charge on any atom is -0.493 e. The van der Waals surface area contributed by atoms with Gasteiger partial charge in [-0.3, -0.25) is 9.59 Å². The van der Waals surface area contributed by atoms with Crippen LogP contribution in [0.1, 0.15) is 17.5 Å². The highest BCUT2D eigenvalue weighted by Crippen LogP contribution is 2.28. The molecule has 0 aromatic heterocycles. The molecule has 0 saturated carbocycles. The van der Waals surface area contributed by atoms with Crippen LogP contribution < -0.4 is 14.8 Å². The van der Waals surface area contributed by atoms with Gasteiger partial charge in [-0.15, -0.1) is 0 Å². The second kappa shape index (κ2) is 9.97. The van der Waals surface area contributed by atoms with Crippen LogP contribution >= 0.6 is 15.9 Å². The van der Waals surface area contributed by atoms with E-state index in [1.165, 1.54) is 0 Å². The van der Waals surface area contributed by atoms with Gasteiger partial charge in [-0.25, -0.2) is 0 Å². The molecule has 0 spiro atoms. The Morgan fingerprint density at radius 3 is 2.44 bits per heavy atom. The fourth-order valence-corrected chi connectivity index (χ4v) is 3.00. The summed E-state index contributed by atoms with van der Waals surface area (Å²) in [4.78, 5) is 23.8. The summed E-state index contributed by atoms with van der Waals surface area (Å²) in [6.07, 6.45) is 0.640. The number of anilines is 1. The zero-order chi connectivity index (χ0) is 19.8. The Hall–Kier alpha value is -2.54. The molecule has 2 rings (SSSR count). The first-order chi connectivity index (χ1) is 12.9. The first kappa shape index (κ1) is 20.8. The molecule has 6 nitrogen and oxygen atoms in total. The van der Waals surface area contributed by atoms with Crippen LogP contribution in [0.4, 0.5) is 5.69 Å². The fourth-order valence-electron chi connectivity index (χ4n) is 2.41. The molecule has 0 saturated heterocycles. The lowest BCUT2D eigenvalue weighted by Gasteiger charge is -2.10. The number of hydrogen-bond acceptors (Lipinski definition) is 5. The number of methoxy groups -OCH3 is 2. The number of carbonyl (C=O) groups excluding carboxylic acids is 2. The zero-order valence-corrected chi connectivity index (χ0v) is 17.1. The molecule has 0 unspecified atom stereocenters. The van der Waals surface area contributed by atoms with Crippen molar-refractivity contribution in [3.8, 4) is 11.5 Å². The number of hydrogen-bond donors (Lipinski definition) is 1. The second-order valence-electron chi connectivity index (χ2n) is 5.88. The fraction of sp³-hybridized carbons (Fsp3) is 0.300. The lowest BCUT2D eigenvalue weighted by atomic mass is 10.1. The molecule has 0 bridgehead atoms. The third-order valence-electron chi connectivity index (χ3n) is 3.83. The van der Waals surface area contributed by atoms with E-state index in [0.717, 1.165) is 15.6 Å². The van der Waals surface area contributed by atoms with Crippen LogP contribution in [-0.2, 0) is 20.7 Å². The van der Waals surface area contributed by atoms with Gasteiger partial charge in [-0.05, 0) is 64.7 Å². The van der Waals surface area contributed by atoms with Gasteiger partial charge in [-0.2, -0.15) is 0 Å². The van der Waals surface area contributed by atoms with E-state index < -0.39 is 5.97 Å². The van der Waals surface area contributed by atoms with Crippen LogP contribution in [0.15, 0.2) is 40.9 Å². The van der Waals surface area contributed by atoms with Crippen LogP contribution in [0, 0.1) is 6.92 Å². The summed E-state index contributed by atoms with van der Waals surface area (Å²) < 4.78 is 16.2. The molecule has 0 atom stereocenters. The predicted octanol–water partition coefficient (Wildman–Crippen LogP) is 3.89. The molecule has 0 aliphatic heterocycles. The Kier molecular flexibility index (Phi) is 7.67. The highest BCUT2D eigenvalue weighted by molar-refractivity contribution is 9.10. The largest absolute Gasteiger partial charge is 0.493 e. The minimum absolute atomic E-state index is 0.164. The van der Waals surface area contributed by atoms with Gasteiger partial charge < -0.3 is 19.5 Å². The summed E-state index contributed by atoms with van der Waals surface area (Å²) in [6, 6.07) is 11.0. The molecule has 0 heterocycles. The van der Waals surface area contributed by atoms with E-state index in [0.29, 0.717) is 23.6 Å². The van der Waals surface area contributed by atoms with Gasteiger partial charge in [0, 0.05) is 10.9 Å². The predicted molar refractivity (Wildman–Crippen MR) is 106 cm³/mol. The average Bonchev–Trinajstić information content (AvgIpc) is 2.66. The van der Waals surface area contributed by atoms with Crippen molar-refractivity contribution in [2.45, 2.75) is 19.8 Å². The monoisotopic (exact) mass is 435 g/mol. The van der Waals surface area contributed by atoms with Crippen molar-refractivity contribution in [1.29, 1.82) is 0 Å². The lowest BCUT2D eigenvalue weighted by Crippen LogP contribution is -2.21. The summed E-state index contributed by atoms with van der Waals surface area (Å²) in [6.45, 7) is 1.63. The number of rotatable bonds is 8. The number of ether oxygens (including phenoxy) is 3. The summed E-state index contributed by atoms with van der Waals surface area (Å²) in [5.74, 6) is 0.399. The highest BCUT2D eigenvalue weighted by atomic mass is 79.9. The quantitative estimate of drug-likeness (QED) is 0.636. The molecule has 0 radical (unpaired) electrons. The standard InChI is InChI=1S/C20H22BrNO5/c1-13-4-7-16(15(21)10-13)22-19(23)12-27-20(24)9-6-14-5-8-17(25-2)18(11-14)26-3/h4-5,7-8,10-11H,6,9,12H2,1-3H3,(H,22,23). The van der Waals surface area contributed by atoms with Crippen molar-refractivity contribution in [3.63, 3.8) is 0 Å². The SMILES string of the molecule is COc1ccc(CCC(=O)OCC(=O)Nc2ccc(C)cc2Br)cc1OC. The number of aryl methyl sites for hydroxylation is 2. The van der Waals surface area contributed by atoms with E-state index in [1.54, 1.807) is 26.4 Å². The normalized spacial score (nSPS) is 10.2. The van der Waals surface area contributed by atoms with E-state index >= 15 is 0 Å². The number of carbonyl (C=O) groups is 2. The maximum Gasteiger partial charge on any atom is 0.306 e. The number of benzene rings is 2. The molecule has 0 aliphatic carbocycles. The van der Waals surface area contributed by atoms with Crippen molar-refractivity contribution in [3.05, 3.63) is 52.0 Å². The van der Waals surface area contributed by atoms with E-state index in [2.05, 4.69) is 21.2 Å². The maximum atomic E-state index is 11.9. The Balaban J connectivity index is 1.79. The molecule has 1 amide bonds. The molecule has 27 heavy (non-hydrogen) atoms. The van der Waals surface area contributed by atoms with Crippen molar-refractivity contribution in [2.75, 3.05) is 26.1 Å². The first-order valence-electron chi connectivity index (χ1n) is 8.35. The minimum atomic E-state index is -0.442. The van der Waals surface area contributed by atoms with Crippen molar-refractivity contribution >= 4 is 33.5 Å². The van der Waals surface area contributed by atoms with E-state index in [9.17, 15) is 9.59 Å². The molecule has 1 N–H and O–H groups in total. The van der Waals surface area contributed by atoms with Crippen molar-refractivity contribution in [1.82, 2.24) is 0 Å². The van der Waals surface area contributed by atoms with Gasteiger partial charge in [0.1, 0.15) is 0 Å². The molecular formula is C20H22BrNO5. The van der Waals surface area contributed by atoms with Gasteiger partial charge in [0.15, 0.2) is 18.1 Å². The number of halogens is 1. The Morgan fingerprint density at radius 1 is 1.04 bits per heavy atom. The van der Waals surface area contributed by atoms with Gasteiger partial charge >= 0.3 is 5.97 Å². The number of nitrogens with one attached hydrogen (secondary N) is 1. The molecule has 2 aromatic rings. The topological polar surface area (TPSA) is 73.9 Å². The summed E-state index contributed by atoms with van der Waals surface area (Å²) >= 11 is 3.39. The zero-order valence-electron chi connectivity index (χ0n) is 15.5. The molecule has 2 aromatic carbocycles. The molecular weight excluding hydrogens is 414 g/mol. The lowest BCUT2D eigenvalue weighted by molar-refractivity contribution is -0.147. The molecule has 0 aliphatic rings. The number of esters is 1. The summed E-state index contributed by atoms with van der Waals surface area (Å²) in [7, 11) is 3.12. The molecule has 7 heteroatoms. The molecule has 0 fully saturated rings. The van der Waals surface area contributed by atoms with Crippen LogP contribution in [0.3, 0.4) is 0 Å². The van der Waals surface area contributed by atoms with Crippen molar-refractivity contribution < 1.29 is 23.8 Å². The maximum absolute atomic E-state index is 11.9. The second-order valence-corrected chi connectivity index (χ2v) is 6.74. The van der Waals surface area contributed by atoms with E-state index in [1.807, 2.05) is 31.2 Å². The third kappa shape index (κ3) is 6.29. The van der Waals surface area contributed by atoms with Gasteiger partial charge in [0.2, 0.25) is 0 Å². The van der Waals surface area contributed by atoms with Crippen molar-refractivity contribution in [2.24, 2.45) is 0 Å². The van der Waals surface area contributed by atoms with Crippen LogP contribution in [-0.4, -0.2) is 32.7 Å². The van der Waals surface area contributed by atoms with E-state index in [4.69, 9.17) is 14.2 Å². The first-order valence-corrected chi connectivity index (χ1v) is 9.14. The van der Waals surface area contributed by atoms with Crippen LogP contribution in [0.2, 0.25) is 0 Å². The number of amides is 1. The van der Waals surface area contributed by atoms with E-state index in [-0.39, 0.29) is 18.9 Å².